The fraction of sp³-hybridized carbons (Fsp3) is 0.566. The highest BCUT2D eigenvalue weighted by Crippen LogP contribution is 2.45. The Balaban J connectivity index is 1.10. The molecule has 3 fully saturated rings. The maximum atomic E-state index is 14.8. The Morgan fingerprint density at radius 1 is 1.08 bits per heavy atom. The van der Waals surface area contributed by atoms with Crippen molar-refractivity contribution in [1.29, 1.82) is 0 Å². The molecule has 18 heteroatoms. The Kier molecular flexibility index (Phi) is 15.4. The summed E-state index contributed by atoms with van der Waals surface area (Å²) < 4.78 is 14.3. The second-order valence-electron chi connectivity index (χ2n) is 21.2. The second-order valence-corrected chi connectivity index (χ2v) is 22.1. The third-order valence-corrected chi connectivity index (χ3v) is 15.4. The number of urea groups is 1. The Hall–Kier alpha value is -5.69. The number of ether oxygens (including phenoxy) is 2. The number of aryl methyl sites for hydroxylation is 1. The highest BCUT2D eigenvalue weighted by Gasteiger charge is 2.54. The molecule has 4 aromatic rings. The van der Waals surface area contributed by atoms with Gasteiger partial charge in [0.05, 0.1) is 40.3 Å². The number of methoxy groups -OCH3 is 1. The first kappa shape index (κ1) is 51.7. The lowest BCUT2D eigenvalue weighted by Crippen LogP contribution is -2.64. The van der Waals surface area contributed by atoms with E-state index in [0.29, 0.717) is 63.5 Å². The Bertz CT molecular complexity index is 2670. The van der Waals surface area contributed by atoms with E-state index in [-0.39, 0.29) is 37.0 Å². The molecule has 71 heavy (non-hydrogen) atoms. The van der Waals surface area contributed by atoms with Gasteiger partial charge in [-0.15, -0.1) is 11.3 Å². The molecule has 1 saturated carbocycles. The van der Waals surface area contributed by atoms with Crippen molar-refractivity contribution in [2.75, 3.05) is 67.6 Å². The monoisotopic (exact) mass is 993 g/mol. The van der Waals surface area contributed by atoms with Crippen LogP contribution in [0.4, 0.5) is 4.79 Å². The minimum absolute atomic E-state index is 0.0547. The van der Waals surface area contributed by atoms with E-state index >= 15 is 0 Å². The third kappa shape index (κ3) is 10.9. The van der Waals surface area contributed by atoms with Gasteiger partial charge >= 0.3 is 12.0 Å². The molecular formula is C53H72N10O7S. The van der Waals surface area contributed by atoms with Crippen molar-refractivity contribution in [3.05, 3.63) is 70.3 Å². The number of aromatic nitrogens is 3. The molecule has 5 amide bonds. The molecule has 1 spiro atoms. The van der Waals surface area contributed by atoms with E-state index in [1.807, 2.05) is 62.2 Å². The molecule has 6 heterocycles. The number of hydrogen-bond donors (Lipinski definition) is 2. The lowest BCUT2D eigenvalue weighted by atomic mass is 9.84. The summed E-state index contributed by atoms with van der Waals surface area (Å²) in [6.45, 7) is 15.0. The number of nitrogens with one attached hydrogen (secondary N) is 2. The molecule has 8 rings (SSSR count). The number of nitrogens with zero attached hydrogens (tertiary/aromatic N) is 8. The summed E-state index contributed by atoms with van der Waals surface area (Å²) in [4.78, 5) is 88.0. The van der Waals surface area contributed by atoms with Crippen LogP contribution in [0.3, 0.4) is 0 Å². The SMILES string of the molecule is CCn1c(-c2cccnc2[C@H](C)OC)c2c3cc(ccc31)-c1csc(n1)C[C@H](NC(=O)C(C(C)C)N(C)C(=O)N1CCN(C(=O)/C=C/CN(C)C)C3(CC3)C1)C(=O)N1CCC[C@H](N1)C(=O)OCC(C)(C)C2. The average molecular weight is 993 g/mol. The lowest BCUT2D eigenvalue weighted by molar-refractivity contribution is -0.155. The molecule has 2 N–H and O–H groups in total. The molecule has 0 radical (unpaired) electrons. The zero-order chi connectivity index (χ0) is 50.9. The molecule has 4 atom stereocenters. The first-order valence-corrected chi connectivity index (χ1v) is 26.0. The number of amides is 5. The number of benzene rings is 1. The summed E-state index contributed by atoms with van der Waals surface area (Å²) in [5.41, 5.74) is 8.87. The molecule has 1 unspecified atom stereocenters. The number of rotatable bonds is 11. The Labute approximate surface area is 421 Å². The van der Waals surface area contributed by atoms with Gasteiger partial charge in [0.25, 0.3) is 5.91 Å². The molecule has 2 saturated heterocycles. The zero-order valence-electron chi connectivity index (χ0n) is 43.1. The number of carbonyl (C=O) groups excluding carboxylic acids is 5. The summed E-state index contributed by atoms with van der Waals surface area (Å²) in [7, 11) is 7.21. The fourth-order valence-electron chi connectivity index (χ4n) is 10.6. The summed E-state index contributed by atoms with van der Waals surface area (Å²) >= 11 is 1.41. The Morgan fingerprint density at radius 2 is 1.86 bits per heavy atom. The van der Waals surface area contributed by atoms with Crippen LogP contribution >= 0.6 is 11.3 Å². The summed E-state index contributed by atoms with van der Waals surface area (Å²) in [5.74, 6) is -1.73. The highest BCUT2D eigenvalue weighted by atomic mass is 32.1. The van der Waals surface area contributed by atoms with E-state index in [1.165, 1.54) is 21.2 Å². The number of hydrazine groups is 1. The van der Waals surface area contributed by atoms with Gasteiger partial charge in [0.1, 0.15) is 18.1 Å². The predicted molar refractivity (Wildman–Crippen MR) is 274 cm³/mol. The summed E-state index contributed by atoms with van der Waals surface area (Å²) in [5, 5.41) is 8.17. The minimum atomic E-state index is -1.09. The number of thiazole rings is 1. The molecule has 3 aliphatic heterocycles. The van der Waals surface area contributed by atoms with Crippen LogP contribution in [0.25, 0.3) is 33.4 Å². The second kappa shape index (κ2) is 21.2. The van der Waals surface area contributed by atoms with Gasteiger partial charge in [-0.05, 0) is 95.8 Å². The van der Waals surface area contributed by atoms with Crippen LogP contribution in [0.15, 0.2) is 54.1 Å². The maximum Gasteiger partial charge on any atom is 0.324 e. The van der Waals surface area contributed by atoms with E-state index in [1.54, 1.807) is 31.3 Å². The summed E-state index contributed by atoms with van der Waals surface area (Å²) in [6, 6.07) is 7.32. The van der Waals surface area contributed by atoms with Crippen molar-refractivity contribution < 1.29 is 33.4 Å². The normalized spacial score (nSPS) is 21.2. The standard InChI is InChI=1S/C53H72N10O7S/c1-11-61-42-19-18-35-27-37(42)38(47(61)36-15-12-22-54-45(36)34(4)69-10)29-52(5,6)32-70-50(67)39-16-13-24-63(57-39)49(66)40(28-43-55-41(35)30-71-43)56-48(65)46(33(2)3)59(9)51(68)60-25-26-62(53(31-60)20-21-53)44(64)17-14-23-58(7)8/h12,14-15,17-19,22,27,30,33-34,39-40,46,57H,11,13,16,20-21,23-26,28-29,31-32H2,1-10H3,(H,56,65)/b17-14+/t34-,39-,40-,46?/m0/s1. The molecule has 1 aromatic carbocycles. The quantitative estimate of drug-likeness (QED) is 0.132. The van der Waals surface area contributed by atoms with Crippen molar-refractivity contribution in [1.82, 2.24) is 49.9 Å². The fourth-order valence-corrected chi connectivity index (χ4v) is 11.5. The van der Waals surface area contributed by atoms with Crippen LogP contribution in [-0.4, -0.2) is 160 Å². The van der Waals surface area contributed by atoms with Gasteiger partial charge in [-0.2, -0.15) is 0 Å². The average Bonchev–Trinajstić information content (AvgIpc) is 3.81. The molecule has 6 bridgehead atoms. The van der Waals surface area contributed by atoms with Crippen LogP contribution in [0.5, 0.6) is 0 Å². The molecule has 3 aromatic heterocycles. The molecule has 4 aliphatic rings. The lowest BCUT2D eigenvalue weighted by Gasteiger charge is -2.44. The zero-order valence-corrected chi connectivity index (χ0v) is 43.9. The van der Waals surface area contributed by atoms with Gasteiger partial charge in [-0.3, -0.25) is 29.2 Å². The number of cyclic esters (lactones) is 1. The van der Waals surface area contributed by atoms with Gasteiger partial charge in [0, 0.05) is 105 Å². The van der Waals surface area contributed by atoms with E-state index < -0.39 is 46.9 Å². The first-order valence-electron chi connectivity index (χ1n) is 25.1. The van der Waals surface area contributed by atoms with Crippen molar-refractivity contribution in [2.45, 2.75) is 116 Å². The van der Waals surface area contributed by atoms with E-state index in [4.69, 9.17) is 19.4 Å². The van der Waals surface area contributed by atoms with Crippen LogP contribution in [0, 0.1) is 11.3 Å². The third-order valence-electron chi connectivity index (χ3n) is 14.5. The van der Waals surface area contributed by atoms with Gasteiger partial charge in [-0.1, -0.05) is 39.8 Å². The number of likely N-dealkylation sites (N-methyl/N-ethyl adjacent to an activating group) is 2. The topological polar surface area (TPSA) is 175 Å². The van der Waals surface area contributed by atoms with Crippen LogP contribution in [0.2, 0.25) is 0 Å². The van der Waals surface area contributed by atoms with Crippen molar-refractivity contribution in [2.24, 2.45) is 11.3 Å². The van der Waals surface area contributed by atoms with Crippen molar-refractivity contribution >= 4 is 52.0 Å². The highest BCUT2D eigenvalue weighted by molar-refractivity contribution is 7.10. The number of fused-ring (bicyclic) bond motifs is 6. The van der Waals surface area contributed by atoms with Gasteiger partial charge in [0.15, 0.2) is 0 Å². The molecule has 17 nitrogen and oxygen atoms in total. The minimum Gasteiger partial charge on any atom is -0.464 e. The Morgan fingerprint density at radius 3 is 2.56 bits per heavy atom. The predicted octanol–water partition coefficient (Wildman–Crippen LogP) is 6.07. The van der Waals surface area contributed by atoms with Crippen LogP contribution in [0.1, 0.15) is 89.6 Å². The van der Waals surface area contributed by atoms with Gasteiger partial charge in [-0.25, -0.2) is 15.2 Å². The smallest absolute Gasteiger partial charge is 0.324 e. The van der Waals surface area contributed by atoms with Crippen molar-refractivity contribution in [3.63, 3.8) is 0 Å². The first-order chi connectivity index (χ1) is 33.8. The maximum absolute atomic E-state index is 14.8. The van der Waals surface area contributed by atoms with Crippen LogP contribution < -0.4 is 10.7 Å². The van der Waals surface area contributed by atoms with E-state index in [0.717, 1.165) is 57.5 Å². The van der Waals surface area contributed by atoms with Crippen LogP contribution in [-0.2, 0) is 48.0 Å². The van der Waals surface area contributed by atoms with E-state index in [2.05, 4.69) is 60.3 Å². The molecule has 382 valence electrons. The van der Waals surface area contributed by atoms with Gasteiger partial charge < -0.3 is 39.0 Å². The van der Waals surface area contributed by atoms with E-state index in [9.17, 15) is 24.0 Å². The number of piperazine rings is 1. The number of hydrogen-bond acceptors (Lipinski definition) is 12. The largest absolute Gasteiger partial charge is 0.464 e. The molecular weight excluding hydrogens is 921 g/mol. The number of esters is 1. The summed E-state index contributed by atoms with van der Waals surface area (Å²) in [6.07, 6.45) is 8.27. The van der Waals surface area contributed by atoms with Crippen molar-refractivity contribution in [3.8, 4) is 22.5 Å². The van der Waals surface area contributed by atoms with Gasteiger partial charge in [0.2, 0.25) is 11.8 Å². The number of pyridine rings is 1. The number of carbonyl (C=O) groups is 5. The molecule has 1 aliphatic carbocycles.